The zero-order chi connectivity index (χ0) is 13.3. The summed E-state index contributed by atoms with van der Waals surface area (Å²) in [5.74, 6) is -1.56. The van der Waals surface area contributed by atoms with Crippen molar-refractivity contribution in [2.45, 2.75) is 24.8 Å². The minimum atomic E-state index is -3.61. The van der Waals surface area contributed by atoms with Gasteiger partial charge in [0.1, 0.15) is 4.90 Å². The van der Waals surface area contributed by atoms with E-state index < -0.39 is 21.9 Å². The maximum absolute atomic E-state index is 12.2. The molecule has 0 radical (unpaired) electrons. The van der Waals surface area contributed by atoms with Gasteiger partial charge in [0, 0.05) is 25.8 Å². The summed E-state index contributed by atoms with van der Waals surface area (Å²) in [6.45, 7) is 2.73. The van der Waals surface area contributed by atoms with Gasteiger partial charge < -0.3 is 5.11 Å². The monoisotopic (exact) mass is 273 g/mol. The molecule has 1 aliphatic rings. The molecular weight excluding hydrogens is 258 g/mol. The number of sulfonamides is 1. The fraction of sp³-hybridized carbons (Fsp3) is 0.600. The second kappa shape index (κ2) is 4.69. The zero-order valence-electron chi connectivity index (χ0n) is 9.98. The molecule has 0 amide bonds. The molecule has 1 atom stereocenters. The van der Waals surface area contributed by atoms with Gasteiger partial charge in [-0.05, 0) is 13.3 Å². The van der Waals surface area contributed by atoms with Crippen molar-refractivity contribution in [1.82, 2.24) is 14.1 Å². The number of carbonyl (C=O) groups is 1. The normalized spacial score (nSPS) is 21.3. The number of aromatic nitrogens is 2. The maximum Gasteiger partial charge on any atom is 0.307 e. The number of carboxylic acid groups (broad SMARTS) is 1. The van der Waals surface area contributed by atoms with E-state index in [2.05, 4.69) is 5.10 Å². The van der Waals surface area contributed by atoms with Crippen LogP contribution in [0.1, 0.15) is 13.3 Å². The molecule has 0 saturated carbocycles. The van der Waals surface area contributed by atoms with E-state index in [0.29, 0.717) is 13.0 Å². The third kappa shape index (κ3) is 2.25. The van der Waals surface area contributed by atoms with E-state index in [1.807, 2.05) is 6.92 Å². The lowest BCUT2D eigenvalue weighted by atomic mass is 10.1. The number of hydrogen-bond donors (Lipinski definition) is 1. The van der Waals surface area contributed by atoms with Gasteiger partial charge >= 0.3 is 5.97 Å². The summed E-state index contributed by atoms with van der Waals surface area (Å²) in [4.78, 5) is 10.9. The van der Waals surface area contributed by atoms with E-state index in [9.17, 15) is 13.2 Å². The summed E-state index contributed by atoms with van der Waals surface area (Å²) in [5.41, 5.74) is 0. The Labute approximate surface area is 105 Å². The van der Waals surface area contributed by atoms with Crippen LogP contribution in [0.25, 0.3) is 0 Å². The van der Waals surface area contributed by atoms with E-state index in [1.54, 1.807) is 0 Å². The number of aryl methyl sites for hydroxylation is 1. The lowest BCUT2D eigenvalue weighted by Gasteiger charge is -2.14. The molecule has 0 aromatic carbocycles. The first kappa shape index (κ1) is 13.0. The van der Waals surface area contributed by atoms with Crippen molar-refractivity contribution < 1.29 is 18.3 Å². The third-order valence-electron chi connectivity index (χ3n) is 3.07. The molecule has 8 heteroatoms. The van der Waals surface area contributed by atoms with Gasteiger partial charge in [0.2, 0.25) is 10.0 Å². The van der Waals surface area contributed by atoms with Gasteiger partial charge in [-0.2, -0.15) is 9.40 Å². The molecule has 1 fully saturated rings. The van der Waals surface area contributed by atoms with E-state index >= 15 is 0 Å². The van der Waals surface area contributed by atoms with Crippen LogP contribution in [0.4, 0.5) is 0 Å². The Morgan fingerprint density at radius 3 is 2.83 bits per heavy atom. The van der Waals surface area contributed by atoms with Gasteiger partial charge in [-0.25, -0.2) is 8.42 Å². The Morgan fingerprint density at radius 1 is 1.61 bits per heavy atom. The standard InChI is InChI=1S/C10H15N3O4S/c1-2-12-7-9(5-11-12)18(16,17)13-4-3-8(6-13)10(14)15/h5,7-8H,2-4,6H2,1H3,(H,14,15). The highest BCUT2D eigenvalue weighted by atomic mass is 32.2. The molecule has 0 bridgehead atoms. The molecule has 18 heavy (non-hydrogen) atoms. The van der Waals surface area contributed by atoms with Gasteiger partial charge in [-0.3, -0.25) is 9.48 Å². The molecule has 2 rings (SSSR count). The number of rotatable bonds is 4. The summed E-state index contributed by atoms with van der Waals surface area (Å²) < 4.78 is 27.2. The molecular formula is C10H15N3O4S. The summed E-state index contributed by atoms with van der Waals surface area (Å²) in [7, 11) is -3.61. The average molecular weight is 273 g/mol. The minimum absolute atomic E-state index is 0.0367. The number of carboxylic acids is 1. The van der Waals surface area contributed by atoms with E-state index in [-0.39, 0.29) is 18.0 Å². The van der Waals surface area contributed by atoms with Crippen LogP contribution in [0, 0.1) is 5.92 Å². The van der Waals surface area contributed by atoms with Gasteiger partial charge in [0.15, 0.2) is 0 Å². The van der Waals surface area contributed by atoms with E-state index in [4.69, 9.17) is 5.11 Å². The molecule has 100 valence electrons. The van der Waals surface area contributed by atoms with Crippen LogP contribution in [0.5, 0.6) is 0 Å². The summed E-state index contributed by atoms with van der Waals surface area (Å²) in [6, 6.07) is 0. The summed E-state index contributed by atoms with van der Waals surface area (Å²) in [5, 5.41) is 12.8. The van der Waals surface area contributed by atoms with Crippen LogP contribution < -0.4 is 0 Å². The van der Waals surface area contributed by atoms with Crippen LogP contribution in [-0.2, 0) is 21.4 Å². The van der Waals surface area contributed by atoms with Crippen molar-refractivity contribution in [3.63, 3.8) is 0 Å². The molecule has 1 aliphatic heterocycles. The van der Waals surface area contributed by atoms with Gasteiger partial charge in [0.25, 0.3) is 0 Å². The smallest absolute Gasteiger partial charge is 0.307 e. The first-order chi connectivity index (χ1) is 8.45. The summed E-state index contributed by atoms with van der Waals surface area (Å²) in [6.07, 6.45) is 3.12. The second-order valence-electron chi connectivity index (χ2n) is 4.22. The van der Waals surface area contributed by atoms with Gasteiger partial charge in [0.05, 0.1) is 12.1 Å². The zero-order valence-corrected chi connectivity index (χ0v) is 10.8. The predicted molar refractivity (Wildman–Crippen MR) is 62.4 cm³/mol. The first-order valence-corrected chi connectivity index (χ1v) is 7.14. The molecule has 1 aromatic heterocycles. The fourth-order valence-corrected chi connectivity index (χ4v) is 3.40. The lowest BCUT2D eigenvalue weighted by molar-refractivity contribution is -0.141. The highest BCUT2D eigenvalue weighted by molar-refractivity contribution is 7.89. The Bertz CT molecular complexity index is 551. The maximum atomic E-state index is 12.2. The molecule has 0 aliphatic carbocycles. The van der Waals surface area contributed by atoms with E-state index in [0.717, 1.165) is 0 Å². The van der Waals surface area contributed by atoms with Crippen LogP contribution in [0.2, 0.25) is 0 Å². The molecule has 0 spiro atoms. The second-order valence-corrected chi connectivity index (χ2v) is 6.16. The van der Waals surface area contributed by atoms with Crippen molar-refractivity contribution in [2.24, 2.45) is 5.92 Å². The quantitative estimate of drug-likeness (QED) is 0.833. The molecule has 2 heterocycles. The van der Waals surface area contributed by atoms with E-state index in [1.165, 1.54) is 21.4 Å². The number of aliphatic carboxylic acids is 1. The van der Waals surface area contributed by atoms with Crippen molar-refractivity contribution in [1.29, 1.82) is 0 Å². The van der Waals surface area contributed by atoms with Crippen molar-refractivity contribution >= 4 is 16.0 Å². The Hall–Kier alpha value is -1.41. The van der Waals surface area contributed by atoms with Crippen molar-refractivity contribution in [2.75, 3.05) is 13.1 Å². The molecule has 7 nitrogen and oxygen atoms in total. The highest BCUT2D eigenvalue weighted by Crippen LogP contribution is 2.24. The Morgan fingerprint density at radius 2 is 2.33 bits per heavy atom. The highest BCUT2D eigenvalue weighted by Gasteiger charge is 2.36. The third-order valence-corrected chi connectivity index (χ3v) is 4.89. The number of hydrogen-bond acceptors (Lipinski definition) is 4. The molecule has 1 N–H and O–H groups in total. The molecule has 1 saturated heterocycles. The molecule has 1 unspecified atom stereocenters. The van der Waals surface area contributed by atoms with Crippen LogP contribution in [0.3, 0.4) is 0 Å². The fourth-order valence-electron chi connectivity index (χ4n) is 1.95. The largest absolute Gasteiger partial charge is 0.481 e. The van der Waals surface area contributed by atoms with Crippen molar-refractivity contribution in [3.05, 3.63) is 12.4 Å². The topological polar surface area (TPSA) is 92.5 Å². The Kier molecular flexibility index (Phi) is 3.40. The van der Waals surface area contributed by atoms with Crippen LogP contribution in [-0.4, -0.2) is 46.7 Å². The van der Waals surface area contributed by atoms with Crippen LogP contribution >= 0.6 is 0 Å². The van der Waals surface area contributed by atoms with Gasteiger partial charge in [-0.15, -0.1) is 0 Å². The summed E-state index contributed by atoms with van der Waals surface area (Å²) >= 11 is 0. The minimum Gasteiger partial charge on any atom is -0.481 e. The average Bonchev–Trinajstić information content (AvgIpc) is 2.98. The lowest BCUT2D eigenvalue weighted by Crippen LogP contribution is -2.29. The van der Waals surface area contributed by atoms with Gasteiger partial charge in [-0.1, -0.05) is 0 Å². The van der Waals surface area contributed by atoms with Crippen LogP contribution in [0.15, 0.2) is 17.3 Å². The van der Waals surface area contributed by atoms with Crippen molar-refractivity contribution in [3.8, 4) is 0 Å². The Balaban J connectivity index is 2.20. The predicted octanol–water partition coefficient (Wildman–Crippen LogP) is -0.00180. The first-order valence-electron chi connectivity index (χ1n) is 5.70. The SMILES string of the molecule is CCn1cc(S(=O)(=O)N2CCC(C(=O)O)C2)cn1. The number of nitrogens with zero attached hydrogens (tertiary/aromatic N) is 3. The molecule has 1 aromatic rings.